The lowest BCUT2D eigenvalue weighted by Gasteiger charge is -2.10. The van der Waals surface area contributed by atoms with Crippen LogP contribution < -0.4 is 10.5 Å². The van der Waals surface area contributed by atoms with Crippen LogP contribution in [0.25, 0.3) is 0 Å². The van der Waals surface area contributed by atoms with Crippen LogP contribution >= 0.6 is 31.9 Å². The van der Waals surface area contributed by atoms with Gasteiger partial charge in [0.05, 0.1) is 4.47 Å². The summed E-state index contributed by atoms with van der Waals surface area (Å²) in [6.07, 6.45) is 2.90. The van der Waals surface area contributed by atoms with Crippen molar-refractivity contribution in [2.75, 3.05) is 10.5 Å². The lowest BCUT2D eigenvalue weighted by atomic mass is 10.5. The summed E-state index contributed by atoms with van der Waals surface area (Å²) < 4.78 is 27.8. The lowest BCUT2D eigenvalue weighted by Crippen LogP contribution is -2.16. The number of anilines is 2. The number of halogens is 2. The number of nitrogen functional groups attached to an aromatic ring is 1. The van der Waals surface area contributed by atoms with E-state index in [9.17, 15) is 8.42 Å². The van der Waals surface area contributed by atoms with Gasteiger partial charge in [0, 0.05) is 16.9 Å². The van der Waals surface area contributed by atoms with Crippen LogP contribution in [0.4, 0.5) is 11.6 Å². The summed E-state index contributed by atoms with van der Waals surface area (Å²) >= 11 is 6.36. The quantitative estimate of drug-likeness (QED) is 0.813. The average molecular weight is 408 g/mol. The molecule has 2 rings (SSSR count). The van der Waals surface area contributed by atoms with E-state index >= 15 is 0 Å². The van der Waals surface area contributed by atoms with Crippen molar-refractivity contribution < 1.29 is 8.42 Å². The molecule has 0 aliphatic rings. The van der Waals surface area contributed by atoms with Gasteiger partial charge in [0.25, 0.3) is 10.0 Å². The Labute approximate surface area is 126 Å². The van der Waals surface area contributed by atoms with Gasteiger partial charge in [0.1, 0.15) is 10.7 Å². The third-order valence-corrected chi connectivity index (χ3v) is 4.57. The van der Waals surface area contributed by atoms with E-state index in [1.165, 1.54) is 18.5 Å². The summed E-state index contributed by atoms with van der Waals surface area (Å²) in [7, 11) is -3.85. The Hall–Kier alpha value is -1.19. The number of aromatic nitrogens is 2. The molecule has 2 heterocycles. The number of nitrogens with one attached hydrogen (secondary N) is 1. The van der Waals surface area contributed by atoms with Crippen molar-refractivity contribution in [3.05, 3.63) is 39.5 Å². The Morgan fingerprint density at radius 1 is 1.26 bits per heavy atom. The molecule has 0 aliphatic heterocycles. The molecule has 0 bridgehead atoms. The summed E-state index contributed by atoms with van der Waals surface area (Å²) in [5.41, 5.74) is 5.58. The van der Waals surface area contributed by atoms with Gasteiger partial charge in [-0.3, -0.25) is 4.72 Å². The summed E-state index contributed by atoms with van der Waals surface area (Å²) in [4.78, 5) is 7.61. The first-order chi connectivity index (χ1) is 8.90. The van der Waals surface area contributed by atoms with Gasteiger partial charge in [-0.15, -0.1) is 0 Å². The van der Waals surface area contributed by atoms with Crippen molar-refractivity contribution in [2.45, 2.75) is 4.90 Å². The summed E-state index contributed by atoms with van der Waals surface area (Å²) in [5.74, 6) is 0.102. The highest BCUT2D eigenvalue weighted by atomic mass is 79.9. The van der Waals surface area contributed by atoms with E-state index in [0.717, 1.165) is 0 Å². The second kappa shape index (κ2) is 5.43. The molecule has 0 amide bonds. The van der Waals surface area contributed by atoms with Crippen molar-refractivity contribution in [1.82, 2.24) is 9.97 Å². The maximum atomic E-state index is 12.2. The van der Waals surface area contributed by atoms with Crippen LogP contribution in [0.3, 0.4) is 0 Å². The Morgan fingerprint density at radius 2 is 2.00 bits per heavy atom. The average Bonchev–Trinajstić information content (AvgIpc) is 2.35. The Balaban J connectivity index is 2.44. The van der Waals surface area contributed by atoms with Crippen LogP contribution in [0.1, 0.15) is 0 Å². The second-order valence-electron chi connectivity index (χ2n) is 3.48. The number of sulfonamides is 1. The molecule has 9 heteroatoms. The van der Waals surface area contributed by atoms with Crippen LogP contribution in [-0.2, 0) is 10.0 Å². The van der Waals surface area contributed by atoms with Gasteiger partial charge < -0.3 is 5.73 Å². The van der Waals surface area contributed by atoms with E-state index in [1.54, 1.807) is 12.1 Å². The molecule has 0 aliphatic carbocycles. The highest BCUT2D eigenvalue weighted by Crippen LogP contribution is 2.25. The fourth-order valence-corrected chi connectivity index (χ4v) is 3.40. The van der Waals surface area contributed by atoms with Gasteiger partial charge in [0.2, 0.25) is 0 Å². The van der Waals surface area contributed by atoms with Crippen molar-refractivity contribution >= 4 is 53.5 Å². The van der Waals surface area contributed by atoms with Gasteiger partial charge >= 0.3 is 0 Å². The lowest BCUT2D eigenvalue weighted by molar-refractivity contribution is 0.601. The summed E-state index contributed by atoms with van der Waals surface area (Å²) in [6.45, 7) is 0. The number of rotatable bonds is 3. The first-order valence-electron chi connectivity index (χ1n) is 4.94. The molecular weight excluding hydrogens is 400 g/mol. The molecular formula is C10H8Br2N4O2S. The van der Waals surface area contributed by atoms with Crippen LogP contribution in [-0.4, -0.2) is 18.4 Å². The molecule has 0 unspecified atom stereocenters. The standard InChI is InChI=1S/C10H8Br2N4O2S/c11-6-4-8(9(13)15-5-6)19(17,18)16-10-7(12)2-1-3-14-10/h1-5H,(H2,13,15)(H,14,16). The third-order valence-electron chi connectivity index (χ3n) is 2.13. The molecule has 0 saturated carbocycles. The number of hydrogen-bond donors (Lipinski definition) is 2. The predicted molar refractivity (Wildman–Crippen MR) is 79.1 cm³/mol. The zero-order valence-corrected chi connectivity index (χ0v) is 13.3. The van der Waals surface area contributed by atoms with Crippen molar-refractivity contribution in [3.63, 3.8) is 0 Å². The molecule has 0 saturated heterocycles. The molecule has 0 aromatic carbocycles. The van der Waals surface area contributed by atoms with Crippen molar-refractivity contribution in [2.24, 2.45) is 0 Å². The number of nitrogens with two attached hydrogens (primary N) is 1. The minimum Gasteiger partial charge on any atom is -0.383 e. The first-order valence-corrected chi connectivity index (χ1v) is 8.01. The predicted octanol–water partition coefficient (Wildman–Crippen LogP) is 2.38. The van der Waals surface area contributed by atoms with Gasteiger partial charge in [-0.25, -0.2) is 18.4 Å². The van der Waals surface area contributed by atoms with E-state index in [2.05, 4.69) is 46.5 Å². The van der Waals surface area contributed by atoms with E-state index in [4.69, 9.17) is 5.73 Å². The summed E-state index contributed by atoms with van der Waals surface area (Å²) in [5, 5.41) is 0. The topological polar surface area (TPSA) is 98.0 Å². The van der Waals surface area contributed by atoms with Crippen molar-refractivity contribution in [3.8, 4) is 0 Å². The highest BCUT2D eigenvalue weighted by Gasteiger charge is 2.20. The van der Waals surface area contributed by atoms with Crippen LogP contribution in [0.15, 0.2) is 44.4 Å². The minimum atomic E-state index is -3.85. The normalized spacial score (nSPS) is 11.3. The van der Waals surface area contributed by atoms with Crippen LogP contribution in [0, 0.1) is 0 Å². The molecule has 19 heavy (non-hydrogen) atoms. The van der Waals surface area contributed by atoms with Crippen molar-refractivity contribution in [1.29, 1.82) is 0 Å². The minimum absolute atomic E-state index is 0.0808. The molecule has 3 N–H and O–H groups in total. The monoisotopic (exact) mass is 406 g/mol. The van der Waals surface area contributed by atoms with Crippen LogP contribution in [0.2, 0.25) is 0 Å². The first kappa shape index (κ1) is 14.2. The van der Waals surface area contributed by atoms with E-state index in [1.807, 2.05) is 0 Å². The highest BCUT2D eigenvalue weighted by molar-refractivity contribution is 9.10. The molecule has 0 atom stereocenters. The maximum absolute atomic E-state index is 12.2. The molecule has 0 fully saturated rings. The van der Waals surface area contributed by atoms with Gasteiger partial charge in [0.15, 0.2) is 5.82 Å². The molecule has 2 aromatic rings. The molecule has 2 aromatic heterocycles. The Kier molecular flexibility index (Phi) is 4.07. The third kappa shape index (κ3) is 3.23. The van der Waals surface area contributed by atoms with Crippen LogP contribution in [0.5, 0.6) is 0 Å². The fourth-order valence-electron chi connectivity index (χ4n) is 1.29. The summed E-state index contributed by atoms with van der Waals surface area (Å²) in [6, 6.07) is 4.73. The van der Waals surface area contributed by atoms with E-state index < -0.39 is 10.0 Å². The number of hydrogen-bond acceptors (Lipinski definition) is 5. The Morgan fingerprint density at radius 3 is 2.68 bits per heavy atom. The smallest absolute Gasteiger partial charge is 0.266 e. The molecule has 0 radical (unpaired) electrons. The van der Waals surface area contributed by atoms with E-state index in [-0.39, 0.29) is 16.5 Å². The zero-order chi connectivity index (χ0) is 14.0. The number of pyridine rings is 2. The fraction of sp³-hybridized carbons (Fsp3) is 0. The maximum Gasteiger partial charge on any atom is 0.266 e. The SMILES string of the molecule is Nc1ncc(Br)cc1S(=O)(=O)Nc1ncccc1Br. The zero-order valence-electron chi connectivity index (χ0n) is 9.34. The molecule has 100 valence electrons. The molecule has 0 spiro atoms. The van der Waals surface area contributed by atoms with Gasteiger partial charge in [-0.2, -0.15) is 0 Å². The largest absolute Gasteiger partial charge is 0.383 e. The second-order valence-corrected chi connectivity index (χ2v) is 6.90. The van der Waals surface area contributed by atoms with Gasteiger partial charge in [-0.05, 0) is 50.1 Å². The molecule has 6 nitrogen and oxygen atoms in total. The van der Waals surface area contributed by atoms with E-state index in [0.29, 0.717) is 8.95 Å². The Bertz CT molecular complexity index is 721. The van der Waals surface area contributed by atoms with Gasteiger partial charge in [-0.1, -0.05) is 0 Å². The number of nitrogens with zero attached hydrogens (tertiary/aromatic N) is 2.